The van der Waals surface area contributed by atoms with Gasteiger partial charge in [-0.1, -0.05) is 11.8 Å². The van der Waals surface area contributed by atoms with Gasteiger partial charge in [-0.3, -0.25) is 9.78 Å². The molecule has 2 aromatic rings. The molecule has 2 aromatic heterocycles. The second-order valence-corrected chi connectivity index (χ2v) is 3.48. The van der Waals surface area contributed by atoms with Crippen LogP contribution in [0.15, 0.2) is 36.9 Å². The van der Waals surface area contributed by atoms with E-state index in [4.69, 9.17) is 5.73 Å². The van der Waals surface area contributed by atoms with E-state index >= 15 is 0 Å². The third-order valence-corrected chi connectivity index (χ3v) is 2.13. The Labute approximate surface area is 110 Å². The molecule has 0 aromatic carbocycles. The van der Waals surface area contributed by atoms with Crippen molar-refractivity contribution in [3.05, 3.63) is 48.2 Å². The number of carbonyl (C=O) groups excluding carboxylic acids is 1. The average molecular weight is 253 g/mol. The number of anilines is 1. The maximum Gasteiger partial charge on any atom is 0.277 e. The predicted octanol–water partition coefficient (Wildman–Crippen LogP) is 0.434. The van der Waals surface area contributed by atoms with Crippen LogP contribution < -0.4 is 11.1 Å². The van der Waals surface area contributed by atoms with E-state index in [-0.39, 0.29) is 18.1 Å². The van der Waals surface area contributed by atoms with Crippen LogP contribution in [-0.4, -0.2) is 27.4 Å². The molecular weight excluding hydrogens is 242 g/mol. The first-order valence-electron chi connectivity index (χ1n) is 5.52. The number of pyridine rings is 1. The molecule has 2 heterocycles. The van der Waals surface area contributed by atoms with Gasteiger partial charge in [-0.05, 0) is 12.1 Å². The molecule has 1 amide bonds. The molecule has 3 N–H and O–H groups in total. The van der Waals surface area contributed by atoms with Crippen molar-refractivity contribution in [3.8, 4) is 11.8 Å². The molecule has 0 atom stereocenters. The van der Waals surface area contributed by atoms with Gasteiger partial charge in [0, 0.05) is 24.2 Å². The highest BCUT2D eigenvalue weighted by Crippen LogP contribution is 2.07. The Morgan fingerprint density at radius 2 is 2.21 bits per heavy atom. The van der Waals surface area contributed by atoms with Crippen LogP contribution in [0.25, 0.3) is 0 Å². The largest absolute Gasteiger partial charge is 0.320 e. The third kappa shape index (κ3) is 3.59. The Bertz CT molecular complexity index is 630. The van der Waals surface area contributed by atoms with Crippen molar-refractivity contribution < 1.29 is 4.79 Å². The van der Waals surface area contributed by atoms with E-state index in [9.17, 15) is 4.79 Å². The zero-order chi connectivity index (χ0) is 13.5. The molecule has 0 spiro atoms. The standard InChI is InChI=1S/C13H11N5O/c14-4-1-2-10-3-5-17-12(8-10)18-13(19)11-9-15-6-7-16-11/h3,5-9H,4,14H2,(H,17,18,19). The monoisotopic (exact) mass is 253 g/mol. The van der Waals surface area contributed by atoms with Crippen molar-refractivity contribution >= 4 is 11.7 Å². The van der Waals surface area contributed by atoms with Crippen LogP contribution >= 0.6 is 0 Å². The summed E-state index contributed by atoms with van der Waals surface area (Å²) in [5.74, 6) is 5.63. The fourth-order valence-electron chi connectivity index (χ4n) is 1.33. The first-order chi connectivity index (χ1) is 9.29. The predicted molar refractivity (Wildman–Crippen MR) is 70.2 cm³/mol. The molecule has 19 heavy (non-hydrogen) atoms. The van der Waals surface area contributed by atoms with Gasteiger partial charge in [0.15, 0.2) is 0 Å². The molecule has 0 saturated heterocycles. The van der Waals surface area contributed by atoms with Crippen LogP contribution in [0.4, 0.5) is 5.82 Å². The molecule has 0 aliphatic carbocycles. The minimum atomic E-state index is -0.371. The van der Waals surface area contributed by atoms with Crippen molar-refractivity contribution in [3.63, 3.8) is 0 Å². The van der Waals surface area contributed by atoms with Gasteiger partial charge in [0.25, 0.3) is 5.91 Å². The van der Waals surface area contributed by atoms with Gasteiger partial charge in [-0.2, -0.15) is 0 Å². The maximum absolute atomic E-state index is 11.8. The Kier molecular flexibility index (Phi) is 4.16. The molecule has 0 bridgehead atoms. The summed E-state index contributed by atoms with van der Waals surface area (Å²) in [6, 6.07) is 3.40. The minimum Gasteiger partial charge on any atom is -0.320 e. The topological polar surface area (TPSA) is 93.8 Å². The van der Waals surface area contributed by atoms with Gasteiger partial charge in [-0.25, -0.2) is 9.97 Å². The molecule has 0 aliphatic rings. The Morgan fingerprint density at radius 3 is 2.95 bits per heavy atom. The molecule has 6 heteroatoms. The van der Waals surface area contributed by atoms with E-state index < -0.39 is 0 Å². The van der Waals surface area contributed by atoms with Crippen LogP contribution in [0.2, 0.25) is 0 Å². The molecule has 0 saturated carbocycles. The van der Waals surface area contributed by atoms with Crippen molar-refractivity contribution in [2.24, 2.45) is 5.73 Å². The summed E-state index contributed by atoms with van der Waals surface area (Å²) < 4.78 is 0. The maximum atomic E-state index is 11.8. The lowest BCUT2D eigenvalue weighted by atomic mass is 10.2. The zero-order valence-corrected chi connectivity index (χ0v) is 10.00. The van der Waals surface area contributed by atoms with E-state index in [0.29, 0.717) is 5.82 Å². The molecule has 0 fully saturated rings. The Morgan fingerprint density at radius 1 is 1.32 bits per heavy atom. The van der Waals surface area contributed by atoms with Crippen LogP contribution in [0.5, 0.6) is 0 Å². The number of rotatable bonds is 2. The van der Waals surface area contributed by atoms with Gasteiger partial charge in [0.05, 0.1) is 12.7 Å². The molecule has 2 rings (SSSR count). The quantitative estimate of drug-likeness (QED) is 0.757. The smallest absolute Gasteiger partial charge is 0.277 e. The highest BCUT2D eigenvalue weighted by atomic mass is 16.1. The fraction of sp³-hybridized carbons (Fsp3) is 0.0769. The van der Waals surface area contributed by atoms with E-state index in [0.717, 1.165) is 5.56 Å². The van der Waals surface area contributed by atoms with Crippen molar-refractivity contribution in [2.45, 2.75) is 0 Å². The summed E-state index contributed by atoms with van der Waals surface area (Å²) >= 11 is 0. The van der Waals surface area contributed by atoms with Gasteiger partial charge < -0.3 is 11.1 Å². The number of amides is 1. The van der Waals surface area contributed by atoms with E-state index in [1.807, 2.05) is 0 Å². The number of hydrogen-bond acceptors (Lipinski definition) is 5. The number of nitrogens with zero attached hydrogens (tertiary/aromatic N) is 3. The first-order valence-corrected chi connectivity index (χ1v) is 5.52. The lowest BCUT2D eigenvalue weighted by Gasteiger charge is -2.03. The molecular formula is C13H11N5O. The highest BCUT2D eigenvalue weighted by Gasteiger charge is 2.07. The molecule has 0 unspecified atom stereocenters. The number of aromatic nitrogens is 3. The van der Waals surface area contributed by atoms with Crippen LogP contribution in [0, 0.1) is 11.8 Å². The summed E-state index contributed by atoms with van der Waals surface area (Å²) in [5.41, 5.74) is 6.25. The number of carbonyl (C=O) groups is 1. The lowest BCUT2D eigenvalue weighted by Crippen LogP contribution is -2.14. The Balaban J connectivity index is 2.13. The van der Waals surface area contributed by atoms with Crippen LogP contribution in [-0.2, 0) is 0 Å². The number of nitrogens with two attached hydrogens (primary N) is 1. The van der Waals surface area contributed by atoms with Gasteiger partial charge in [-0.15, -0.1) is 0 Å². The number of hydrogen-bond donors (Lipinski definition) is 2. The first kappa shape index (κ1) is 12.7. The van der Waals surface area contributed by atoms with Gasteiger partial charge in [0.2, 0.25) is 0 Å². The molecule has 0 radical (unpaired) electrons. The van der Waals surface area contributed by atoms with E-state index in [1.165, 1.54) is 18.6 Å². The second kappa shape index (κ2) is 6.23. The second-order valence-electron chi connectivity index (χ2n) is 3.48. The van der Waals surface area contributed by atoms with Crippen LogP contribution in [0.1, 0.15) is 16.1 Å². The summed E-state index contributed by atoms with van der Waals surface area (Å²) in [6.07, 6.45) is 5.89. The summed E-state index contributed by atoms with van der Waals surface area (Å²) in [5, 5.41) is 2.62. The molecule has 94 valence electrons. The Hall–Kier alpha value is -2.78. The molecule has 6 nitrogen and oxygen atoms in total. The fourth-order valence-corrected chi connectivity index (χ4v) is 1.33. The van der Waals surface area contributed by atoms with Crippen molar-refractivity contribution in [2.75, 3.05) is 11.9 Å². The minimum absolute atomic E-state index is 0.225. The summed E-state index contributed by atoms with van der Waals surface area (Å²) in [7, 11) is 0. The zero-order valence-electron chi connectivity index (χ0n) is 10.00. The SMILES string of the molecule is NCC#Cc1ccnc(NC(=O)c2cnccn2)c1. The highest BCUT2D eigenvalue weighted by molar-refractivity contribution is 6.02. The third-order valence-electron chi connectivity index (χ3n) is 2.13. The van der Waals surface area contributed by atoms with Gasteiger partial charge in [0.1, 0.15) is 11.5 Å². The lowest BCUT2D eigenvalue weighted by molar-refractivity contribution is 0.102. The van der Waals surface area contributed by atoms with Crippen molar-refractivity contribution in [1.29, 1.82) is 0 Å². The normalized spacial score (nSPS) is 9.32. The van der Waals surface area contributed by atoms with Crippen LogP contribution in [0.3, 0.4) is 0 Å². The number of nitrogens with one attached hydrogen (secondary N) is 1. The van der Waals surface area contributed by atoms with Gasteiger partial charge >= 0.3 is 0 Å². The summed E-state index contributed by atoms with van der Waals surface area (Å²) in [6.45, 7) is 0.281. The average Bonchev–Trinajstić information content (AvgIpc) is 2.46. The summed E-state index contributed by atoms with van der Waals surface area (Å²) in [4.78, 5) is 23.6. The van der Waals surface area contributed by atoms with E-state index in [2.05, 4.69) is 32.1 Å². The van der Waals surface area contributed by atoms with Crippen molar-refractivity contribution in [1.82, 2.24) is 15.0 Å². The van der Waals surface area contributed by atoms with E-state index in [1.54, 1.807) is 18.3 Å². The molecule has 0 aliphatic heterocycles.